The summed E-state index contributed by atoms with van der Waals surface area (Å²) in [6.45, 7) is 1.81. The average Bonchev–Trinajstić information content (AvgIpc) is 2.72. The number of halogens is 2. The third-order valence-electron chi connectivity index (χ3n) is 4.36. The van der Waals surface area contributed by atoms with Gasteiger partial charge in [0.25, 0.3) is 11.8 Å². The average molecular weight is 504 g/mol. The van der Waals surface area contributed by atoms with Crippen LogP contribution in [0.15, 0.2) is 40.4 Å². The van der Waals surface area contributed by atoms with Gasteiger partial charge < -0.3 is 9.47 Å². The van der Waals surface area contributed by atoms with Crippen LogP contribution in [0.2, 0.25) is 5.02 Å². The highest BCUT2D eigenvalue weighted by molar-refractivity contribution is 9.10. The van der Waals surface area contributed by atoms with Crippen molar-refractivity contribution in [2.45, 2.75) is 6.92 Å². The predicted molar refractivity (Wildman–Crippen MR) is 120 cm³/mol. The van der Waals surface area contributed by atoms with E-state index in [0.29, 0.717) is 11.3 Å². The molecule has 1 fully saturated rings. The summed E-state index contributed by atoms with van der Waals surface area (Å²) in [7, 11) is 1.42. The Bertz CT molecular complexity index is 1170. The zero-order valence-corrected chi connectivity index (χ0v) is 18.8. The first-order valence-electron chi connectivity index (χ1n) is 8.88. The number of carbonyl (C=O) groups is 3. The normalized spacial score (nSPS) is 15.0. The first-order valence-corrected chi connectivity index (χ1v) is 10.0. The quantitative estimate of drug-likeness (QED) is 0.377. The molecule has 7 nitrogen and oxygen atoms in total. The van der Waals surface area contributed by atoms with Gasteiger partial charge in [-0.1, -0.05) is 33.5 Å². The molecule has 0 spiro atoms. The van der Waals surface area contributed by atoms with Crippen LogP contribution in [-0.2, 0) is 9.59 Å². The first-order chi connectivity index (χ1) is 14.8. The van der Waals surface area contributed by atoms with Crippen LogP contribution < -0.4 is 19.7 Å². The number of carbonyl (C=O) groups excluding carboxylic acids is 3. The van der Waals surface area contributed by atoms with Gasteiger partial charge in [0.15, 0.2) is 11.5 Å². The van der Waals surface area contributed by atoms with Crippen molar-refractivity contribution in [2.75, 3.05) is 18.6 Å². The van der Waals surface area contributed by atoms with Crippen molar-refractivity contribution >= 4 is 57.1 Å². The molecule has 1 aliphatic heterocycles. The molecule has 158 valence electrons. The number of barbiturate groups is 1. The Balaban J connectivity index is 2.03. The molecule has 1 aliphatic rings. The molecule has 31 heavy (non-hydrogen) atoms. The molecule has 4 amide bonds. The molecule has 0 unspecified atom stereocenters. The highest BCUT2D eigenvalue weighted by Crippen LogP contribution is 2.37. The molecule has 2 aromatic rings. The van der Waals surface area contributed by atoms with Gasteiger partial charge in [-0.3, -0.25) is 14.9 Å². The van der Waals surface area contributed by atoms with Crippen LogP contribution in [0.3, 0.4) is 0 Å². The van der Waals surface area contributed by atoms with Crippen molar-refractivity contribution in [2.24, 2.45) is 0 Å². The number of ether oxygens (including phenoxy) is 2. The van der Waals surface area contributed by atoms with E-state index in [1.54, 1.807) is 18.2 Å². The minimum Gasteiger partial charge on any atom is -0.493 e. The van der Waals surface area contributed by atoms with E-state index in [1.807, 2.05) is 6.92 Å². The fraction of sp³-hybridized carbons (Fsp3) is 0.136. The van der Waals surface area contributed by atoms with Gasteiger partial charge in [-0.05, 0) is 54.5 Å². The number of amides is 4. The molecule has 0 atom stereocenters. The van der Waals surface area contributed by atoms with E-state index in [2.05, 4.69) is 27.2 Å². The molecular formula is C22H16BrClN2O5. The van der Waals surface area contributed by atoms with Gasteiger partial charge >= 0.3 is 6.03 Å². The SMILES string of the molecule is C#CCOc1c(Cl)cc(/C=C2\C(=O)NC(=O)N(c3ccc(Br)c(C)c3)C2=O)cc1OC. The summed E-state index contributed by atoms with van der Waals surface area (Å²) in [4.78, 5) is 38.7. The zero-order valence-electron chi connectivity index (χ0n) is 16.5. The fourth-order valence-corrected chi connectivity index (χ4v) is 3.42. The molecule has 3 rings (SSSR count). The van der Waals surface area contributed by atoms with E-state index in [9.17, 15) is 14.4 Å². The second kappa shape index (κ2) is 9.25. The molecule has 9 heteroatoms. The number of hydrogen-bond donors (Lipinski definition) is 1. The molecule has 0 bridgehead atoms. The van der Waals surface area contributed by atoms with Crippen molar-refractivity contribution in [1.82, 2.24) is 5.32 Å². The highest BCUT2D eigenvalue weighted by Gasteiger charge is 2.37. The maximum atomic E-state index is 13.0. The van der Waals surface area contributed by atoms with Crippen LogP contribution in [-0.4, -0.2) is 31.6 Å². The lowest BCUT2D eigenvalue weighted by atomic mass is 10.1. The van der Waals surface area contributed by atoms with Gasteiger partial charge in [0.05, 0.1) is 17.8 Å². The molecule has 1 N–H and O–H groups in total. The third-order valence-corrected chi connectivity index (χ3v) is 5.53. The summed E-state index contributed by atoms with van der Waals surface area (Å²) in [6, 6.07) is 7.17. The number of urea groups is 1. The molecule has 0 aromatic heterocycles. The fourth-order valence-electron chi connectivity index (χ4n) is 2.90. The second-order valence-corrected chi connectivity index (χ2v) is 7.68. The molecule has 0 saturated carbocycles. The predicted octanol–water partition coefficient (Wildman–Crippen LogP) is 4.10. The first kappa shape index (κ1) is 22.4. The van der Waals surface area contributed by atoms with Gasteiger partial charge in [0.1, 0.15) is 12.2 Å². The van der Waals surface area contributed by atoms with Gasteiger partial charge in [-0.2, -0.15) is 0 Å². The monoisotopic (exact) mass is 502 g/mol. The number of benzene rings is 2. The molecule has 1 heterocycles. The largest absolute Gasteiger partial charge is 0.493 e. The Morgan fingerprint density at radius 3 is 2.65 bits per heavy atom. The molecule has 1 saturated heterocycles. The number of methoxy groups -OCH3 is 1. The van der Waals surface area contributed by atoms with Gasteiger partial charge in [0.2, 0.25) is 0 Å². The van der Waals surface area contributed by atoms with Gasteiger partial charge in [-0.25, -0.2) is 9.69 Å². The van der Waals surface area contributed by atoms with E-state index in [1.165, 1.54) is 25.3 Å². The van der Waals surface area contributed by atoms with Gasteiger partial charge in [-0.15, -0.1) is 6.42 Å². The summed E-state index contributed by atoms with van der Waals surface area (Å²) in [5.41, 5.74) is 1.31. The minimum atomic E-state index is -0.831. The number of nitrogens with zero attached hydrogens (tertiary/aromatic N) is 1. The van der Waals surface area contributed by atoms with E-state index in [-0.39, 0.29) is 28.7 Å². The van der Waals surface area contributed by atoms with Crippen LogP contribution in [0.25, 0.3) is 6.08 Å². The summed E-state index contributed by atoms with van der Waals surface area (Å²) < 4.78 is 11.5. The van der Waals surface area contributed by atoms with Crippen molar-refractivity contribution in [3.8, 4) is 23.8 Å². The Kier molecular flexibility index (Phi) is 6.68. The van der Waals surface area contributed by atoms with Crippen LogP contribution in [0.1, 0.15) is 11.1 Å². The van der Waals surface area contributed by atoms with Crippen molar-refractivity contribution in [3.63, 3.8) is 0 Å². The second-order valence-electron chi connectivity index (χ2n) is 6.42. The minimum absolute atomic E-state index is 0.0128. The van der Waals surface area contributed by atoms with Crippen LogP contribution in [0.4, 0.5) is 10.5 Å². The Morgan fingerprint density at radius 2 is 2.00 bits per heavy atom. The number of rotatable bonds is 5. The number of terminal acetylenes is 1. The summed E-state index contributed by atoms with van der Waals surface area (Å²) in [6.07, 6.45) is 6.53. The number of nitrogens with one attached hydrogen (secondary N) is 1. The smallest absolute Gasteiger partial charge is 0.335 e. The standard InChI is InChI=1S/C22H16BrClN2O5/c1-4-7-31-19-17(24)10-13(11-18(19)30-3)9-15-20(27)25-22(29)26(21(15)28)14-5-6-16(23)12(2)8-14/h1,5-6,8-11H,7H2,2-3H3,(H,25,27,29)/b15-9+. The number of imide groups is 2. The Hall–Kier alpha value is -3.28. The van der Waals surface area contributed by atoms with Crippen LogP contribution in [0, 0.1) is 19.3 Å². The maximum Gasteiger partial charge on any atom is 0.335 e. The highest BCUT2D eigenvalue weighted by atomic mass is 79.9. The maximum absolute atomic E-state index is 13.0. The summed E-state index contributed by atoms with van der Waals surface area (Å²) in [5.74, 6) is 1.26. The zero-order chi connectivity index (χ0) is 22.7. The molecule has 0 aliphatic carbocycles. The Morgan fingerprint density at radius 1 is 1.26 bits per heavy atom. The Labute approximate surface area is 192 Å². The molecule has 0 radical (unpaired) electrons. The van der Waals surface area contributed by atoms with E-state index in [4.69, 9.17) is 27.5 Å². The van der Waals surface area contributed by atoms with Crippen LogP contribution in [0.5, 0.6) is 11.5 Å². The van der Waals surface area contributed by atoms with Crippen LogP contribution >= 0.6 is 27.5 Å². The summed E-state index contributed by atoms with van der Waals surface area (Å²) >= 11 is 9.64. The topological polar surface area (TPSA) is 84.9 Å². The molecule has 2 aromatic carbocycles. The van der Waals surface area contributed by atoms with Crippen molar-refractivity contribution < 1.29 is 23.9 Å². The molecular weight excluding hydrogens is 488 g/mol. The summed E-state index contributed by atoms with van der Waals surface area (Å²) in [5, 5.41) is 2.36. The lowest BCUT2D eigenvalue weighted by molar-refractivity contribution is -0.122. The van der Waals surface area contributed by atoms with E-state index >= 15 is 0 Å². The number of anilines is 1. The lowest BCUT2D eigenvalue weighted by Crippen LogP contribution is -2.54. The van der Waals surface area contributed by atoms with E-state index in [0.717, 1.165) is 14.9 Å². The lowest BCUT2D eigenvalue weighted by Gasteiger charge is -2.26. The van der Waals surface area contributed by atoms with Crippen molar-refractivity contribution in [3.05, 3.63) is 56.5 Å². The van der Waals surface area contributed by atoms with Gasteiger partial charge in [0, 0.05) is 4.47 Å². The number of aryl methyl sites for hydroxylation is 1. The van der Waals surface area contributed by atoms with E-state index < -0.39 is 17.8 Å². The third kappa shape index (κ3) is 4.58. The number of hydrogen-bond acceptors (Lipinski definition) is 5. The van der Waals surface area contributed by atoms with Crippen molar-refractivity contribution in [1.29, 1.82) is 0 Å².